The summed E-state index contributed by atoms with van der Waals surface area (Å²) in [7, 11) is 0. The minimum Gasteiger partial charge on any atom is -0.306 e. The van der Waals surface area contributed by atoms with Crippen LogP contribution in [-0.4, -0.2) is 52.1 Å². The molecule has 0 atom stereocenters. The van der Waals surface area contributed by atoms with Crippen LogP contribution in [0.2, 0.25) is 0 Å². The first-order valence-electron chi connectivity index (χ1n) is 12.5. The highest BCUT2D eigenvalue weighted by molar-refractivity contribution is 5.74. The highest BCUT2D eigenvalue weighted by Crippen LogP contribution is 2.29. The lowest BCUT2D eigenvalue weighted by Gasteiger charge is -2.39. The molecule has 1 aliphatic heterocycles. The molecule has 5 nitrogen and oxygen atoms in total. The van der Waals surface area contributed by atoms with E-state index in [1.54, 1.807) is 0 Å². The molecule has 1 fully saturated rings. The first-order valence-corrected chi connectivity index (χ1v) is 12.5. The fraction of sp³-hybridized carbons (Fsp3) is 0.345. The Labute approximate surface area is 201 Å². The van der Waals surface area contributed by atoms with Gasteiger partial charge in [0.1, 0.15) is 0 Å². The number of aryl methyl sites for hydroxylation is 1. The molecule has 0 spiro atoms. The Morgan fingerprint density at radius 1 is 0.676 bits per heavy atom. The summed E-state index contributed by atoms with van der Waals surface area (Å²) in [5, 5.41) is 0. The molecule has 0 bridgehead atoms. The van der Waals surface area contributed by atoms with E-state index >= 15 is 0 Å². The van der Waals surface area contributed by atoms with E-state index in [2.05, 4.69) is 75.4 Å². The summed E-state index contributed by atoms with van der Waals surface area (Å²) in [6.45, 7) is 6.30. The van der Waals surface area contributed by atoms with Crippen molar-refractivity contribution in [3.63, 3.8) is 0 Å². The van der Waals surface area contributed by atoms with Gasteiger partial charge in [0.05, 0.1) is 17.1 Å². The molecule has 1 saturated heterocycles. The summed E-state index contributed by atoms with van der Waals surface area (Å²) < 4.78 is 1.88. The maximum absolute atomic E-state index is 12.2. The summed E-state index contributed by atoms with van der Waals surface area (Å²) in [6, 6.07) is 30.0. The van der Waals surface area contributed by atoms with E-state index in [4.69, 9.17) is 0 Å². The third kappa shape index (κ3) is 5.16. The highest BCUT2D eigenvalue weighted by atomic mass is 16.1. The highest BCUT2D eigenvalue weighted by Gasteiger charge is 2.26. The van der Waals surface area contributed by atoms with Gasteiger partial charge in [0.25, 0.3) is 0 Å². The van der Waals surface area contributed by atoms with Gasteiger partial charge < -0.3 is 9.88 Å². The van der Waals surface area contributed by atoms with Crippen LogP contribution in [0.4, 0.5) is 0 Å². The van der Waals surface area contributed by atoms with Crippen LogP contribution >= 0.6 is 0 Å². The van der Waals surface area contributed by atoms with Crippen LogP contribution in [0.25, 0.3) is 11.0 Å². The monoisotopic (exact) mass is 454 g/mol. The van der Waals surface area contributed by atoms with Crippen molar-refractivity contribution < 1.29 is 0 Å². The van der Waals surface area contributed by atoms with E-state index in [0.717, 1.165) is 63.1 Å². The smallest absolute Gasteiger partial charge is 0.306 e. The molecule has 1 N–H and O–H groups in total. The number of nitrogens with zero attached hydrogens (tertiary/aromatic N) is 3. The number of rotatable bonds is 9. The Morgan fingerprint density at radius 3 is 1.94 bits per heavy atom. The fourth-order valence-corrected chi connectivity index (χ4v) is 5.24. The van der Waals surface area contributed by atoms with Crippen LogP contribution in [-0.2, 0) is 6.54 Å². The third-order valence-corrected chi connectivity index (χ3v) is 7.04. The van der Waals surface area contributed by atoms with Crippen molar-refractivity contribution in [2.45, 2.75) is 31.8 Å². The molecule has 0 amide bonds. The number of aromatic nitrogens is 2. The summed E-state index contributed by atoms with van der Waals surface area (Å²) in [6.07, 6.45) is 3.35. The molecule has 176 valence electrons. The van der Waals surface area contributed by atoms with Crippen LogP contribution in [0.3, 0.4) is 0 Å². The maximum atomic E-state index is 12.2. The van der Waals surface area contributed by atoms with Gasteiger partial charge in [-0.05, 0) is 42.6 Å². The number of hydrogen-bond acceptors (Lipinski definition) is 3. The lowest BCUT2D eigenvalue weighted by molar-refractivity contribution is 0.108. The van der Waals surface area contributed by atoms with E-state index in [1.165, 1.54) is 17.5 Å². The van der Waals surface area contributed by atoms with Crippen molar-refractivity contribution >= 4 is 11.0 Å². The first-order chi connectivity index (χ1) is 16.8. The Bertz CT molecular complexity index is 1180. The van der Waals surface area contributed by atoms with Crippen LogP contribution in [0.15, 0.2) is 89.7 Å². The second kappa shape index (κ2) is 10.9. The number of benzene rings is 3. The lowest BCUT2D eigenvalue weighted by atomic mass is 9.96. The van der Waals surface area contributed by atoms with E-state index in [-0.39, 0.29) is 5.69 Å². The van der Waals surface area contributed by atoms with Gasteiger partial charge in [0.15, 0.2) is 0 Å². The molecule has 2 heterocycles. The lowest BCUT2D eigenvalue weighted by Crippen LogP contribution is -2.48. The SMILES string of the molecule is O=c1[nH]c2ccccc2n1CCCCCN1CCN(C(c2ccccc2)c2ccccc2)CC1. The average molecular weight is 455 g/mol. The summed E-state index contributed by atoms with van der Waals surface area (Å²) in [4.78, 5) is 20.4. The van der Waals surface area contributed by atoms with Crippen LogP contribution in [0, 0.1) is 0 Å². The van der Waals surface area contributed by atoms with Crippen LogP contribution in [0.5, 0.6) is 0 Å². The summed E-state index contributed by atoms with van der Waals surface area (Å²) in [5.41, 5.74) is 4.68. The number of fused-ring (bicyclic) bond motifs is 1. The van der Waals surface area contributed by atoms with E-state index in [9.17, 15) is 4.79 Å². The predicted molar refractivity (Wildman–Crippen MR) is 139 cm³/mol. The molecule has 5 rings (SSSR count). The Morgan fingerprint density at radius 2 is 1.26 bits per heavy atom. The molecule has 4 aromatic rings. The Kier molecular flexibility index (Phi) is 7.22. The number of aromatic amines is 1. The largest absolute Gasteiger partial charge is 0.326 e. The van der Waals surface area contributed by atoms with Crippen molar-refractivity contribution in [3.8, 4) is 0 Å². The van der Waals surface area contributed by atoms with Gasteiger partial charge in [-0.15, -0.1) is 0 Å². The van der Waals surface area contributed by atoms with Gasteiger partial charge in [-0.25, -0.2) is 4.79 Å². The van der Waals surface area contributed by atoms with Gasteiger partial charge in [0, 0.05) is 32.7 Å². The van der Waals surface area contributed by atoms with Gasteiger partial charge in [-0.2, -0.15) is 0 Å². The van der Waals surface area contributed by atoms with Crippen molar-refractivity contribution in [1.82, 2.24) is 19.4 Å². The van der Waals surface area contributed by atoms with Crippen molar-refractivity contribution in [2.75, 3.05) is 32.7 Å². The summed E-state index contributed by atoms with van der Waals surface area (Å²) >= 11 is 0. The number of unbranched alkanes of at least 4 members (excludes halogenated alkanes) is 2. The molecule has 0 radical (unpaired) electrons. The van der Waals surface area contributed by atoms with Gasteiger partial charge in [-0.1, -0.05) is 79.2 Å². The van der Waals surface area contributed by atoms with E-state index < -0.39 is 0 Å². The number of hydrogen-bond donors (Lipinski definition) is 1. The molecule has 5 heteroatoms. The normalized spacial score (nSPS) is 15.3. The Hall–Kier alpha value is -3.15. The zero-order valence-electron chi connectivity index (χ0n) is 19.8. The minimum atomic E-state index is 0.00343. The molecule has 0 unspecified atom stereocenters. The molecular weight excluding hydrogens is 420 g/mol. The van der Waals surface area contributed by atoms with Gasteiger partial charge >= 0.3 is 5.69 Å². The molecule has 3 aromatic carbocycles. The quantitative estimate of drug-likeness (QED) is 0.366. The van der Waals surface area contributed by atoms with E-state index in [1.807, 2.05) is 28.8 Å². The number of imidazole rings is 1. The first kappa shape index (κ1) is 22.6. The molecule has 34 heavy (non-hydrogen) atoms. The number of piperazine rings is 1. The number of H-pyrrole nitrogens is 1. The minimum absolute atomic E-state index is 0.00343. The number of para-hydroxylation sites is 2. The predicted octanol–water partition coefficient (Wildman–Crippen LogP) is 4.91. The Balaban J connectivity index is 1.10. The van der Waals surface area contributed by atoms with Crippen molar-refractivity contribution in [1.29, 1.82) is 0 Å². The molecular formula is C29H34N4O. The van der Waals surface area contributed by atoms with E-state index in [0.29, 0.717) is 6.04 Å². The molecule has 0 saturated carbocycles. The molecule has 0 aliphatic carbocycles. The van der Waals surface area contributed by atoms with Gasteiger partial charge in [-0.3, -0.25) is 9.47 Å². The zero-order valence-corrected chi connectivity index (χ0v) is 19.8. The number of nitrogens with one attached hydrogen (secondary N) is 1. The topological polar surface area (TPSA) is 44.3 Å². The van der Waals surface area contributed by atoms with Crippen LogP contribution < -0.4 is 5.69 Å². The standard InChI is InChI=1S/C29H34N4O/c34-29-30-26-16-8-9-17-27(26)33(29)19-11-3-10-18-31-20-22-32(23-21-31)28(24-12-4-1-5-13-24)25-14-6-2-7-15-25/h1-2,4-9,12-17,28H,3,10-11,18-23H2,(H,30,34). The van der Waals surface area contributed by atoms with Crippen molar-refractivity contribution in [3.05, 3.63) is 107 Å². The van der Waals surface area contributed by atoms with Gasteiger partial charge in [0.2, 0.25) is 0 Å². The second-order valence-electron chi connectivity index (χ2n) is 9.26. The van der Waals surface area contributed by atoms with Crippen molar-refractivity contribution in [2.24, 2.45) is 0 Å². The molecule has 1 aliphatic rings. The molecule has 1 aromatic heterocycles. The zero-order chi connectivity index (χ0) is 23.2. The van der Waals surface area contributed by atoms with Crippen LogP contribution in [0.1, 0.15) is 36.4 Å². The second-order valence-corrected chi connectivity index (χ2v) is 9.26. The fourth-order valence-electron chi connectivity index (χ4n) is 5.24. The maximum Gasteiger partial charge on any atom is 0.326 e. The third-order valence-electron chi connectivity index (χ3n) is 7.04. The average Bonchev–Trinajstić information content (AvgIpc) is 3.21. The summed E-state index contributed by atoms with van der Waals surface area (Å²) in [5.74, 6) is 0.